The van der Waals surface area contributed by atoms with E-state index in [1.54, 1.807) is 18.4 Å². The van der Waals surface area contributed by atoms with Crippen LogP contribution in [0.4, 0.5) is 0 Å². The van der Waals surface area contributed by atoms with Gasteiger partial charge in [-0.1, -0.05) is 18.2 Å². The van der Waals surface area contributed by atoms with Gasteiger partial charge in [0.25, 0.3) is 5.91 Å². The lowest BCUT2D eigenvalue weighted by atomic mass is 9.99. The summed E-state index contributed by atoms with van der Waals surface area (Å²) >= 11 is 1.61. The molecule has 3 rings (SSSR count). The SMILES string of the molecule is COc1ccc(-c2cccs2)cc1CC(=O)c1ccc(C(=O)NC(CO)C(O)O)cc1. The Bertz CT molecular complexity index is 1030. The number of rotatable bonds is 9. The summed E-state index contributed by atoms with van der Waals surface area (Å²) in [6.45, 7) is -0.619. The minimum Gasteiger partial charge on any atom is -0.496 e. The number of ketones is 1. The first-order valence-corrected chi connectivity index (χ1v) is 10.4. The van der Waals surface area contributed by atoms with Crippen molar-refractivity contribution in [2.24, 2.45) is 0 Å². The molecule has 7 nitrogen and oxygen atoms in total. The van der Waals surface area contributed by atoms with Crippen molar-refractivity contribution in [3.05, 3.63) is 76.7 Å². The van der Waals surface area contributed by atoms with Gasteiger partial charge < -0.3 is 25.4 Å². The zero-order chi connectivity index (χ0) is 22.4. The second-order valence-corrected chi connectivity index (χ2v) is 7.81. The molecule has 162 valence electrons. The molecule has 8 heteroatoms. The van der Waals surface area contributed by atoms with E-state index in [9.17, 15) is 9.59 Å². The predicted molar refractivity (Wildman–Crippen MR) is 117 cm³/mol. The predicted octanol–water partition coefficient (Wildman–Crippen LogP) is 2.25. The lowest BCUT2D eigenvalue weighted by Crippen LogP contribution is -2.45. The molecule has 0 aliphatic carbocycles. The van der Waals surface area contributed by atoms with Gasteiger partial charge in [0.15, 0.2) is 12.1 Å². The van der Waals surface area contributed by atoms with Gasteiger partial charge in [-0.25, -0.2) is 0 Å². The molecule has 0 fully saturated rings. The average molecular weight is 442 g/mol. The molecule has 31 heavy (non-hydrogen) atoms. The molecular formula is C23H23NO6S. The van der Waals surface area contributed by atoms with Crippen LogP contribution in [-0.2, 0) is 6.42 Å². The summed E-state index contributed by atoms with van der Waals surface area (Å²) in [4.78, 5) is 26.1. The van der Waals surface area contributed by atoms with Crippen molar-refractivity contribution >= 4 is 23.0 Å². The van der Waals surface area contributed by atoms with E-state index < -0.39 is 24.8 Å². The van der Waals surface area contributed by atoms with Gasteiger partial charge in [0, 0.05) is 28.0 Å². The Morgan fingerprint density at radius 2 is 1.77 bits per heavy atom. The van der Waals surface area contributed by atoms with Crippen molar-refractivity contribution in [2.45, 2.75) is 18.8 Å². The number of ether oxygens (including phenoxy) is 1. The average Bonchev–Trinajstić information content (AvgIpc) is 3.32. The van der Waals surface area contributed by atoms with Crippen molar-refractivity contribution in [1.82, 2.24) is 5.32 Å². The Kier molecular flexibility index (Phi) is 7.54. The zero-order valence-electron chi connectivity index (χ0n) is 16.8. The molecule has 2 aromatic carbocycles. The molecule has 1 aromatic heterocycles. The van der Waals surface area contributed by atoms with Crippen molar-refractivity contribution in [2.75, 3.05) is 13.7 Å². The van der Waals surface area contributed by atoms with Crippen LogP contribution in [0.1, 0.15) is 26.3 Å². The maximum absolute atomic E-state index is 12.8. The van der Waals surface area contributed by atoms with Crippen LogP contribution < -0.4 is 10.1 Å². The van der Waals surface area contributed by atoms with Crippen LogP contribution >= 0.6 is 11.3 Å². The second kappa shape index (κ2) is 10.3. The van der Waals surface area contributed by atoms with Gasteiger partial charge in [0.2, 0.25) is 0 Å². The standard InChI is InChI=1S/C23H23NO6S/c1-30-20-9-8-16(21-3-2-10-31-21)11-17(20)12-19(26)14-4-6-15(7-5-14)22(27)24-18(13-25)23(28)29/h2-11,18,23,25,28-29H,12-13H2,1H3,(H,24,27). The summed E-state index contributed by atoms with van der Waals surface area (Å²) in [5.41, 5.74) is 2.44. The highest BCUT2D eigenvalue weighted by Gasteiger charge is 2.19. The summed E-state index contributed by atoms with van der Waals surface area (Å²) in [5.74, 6) is -0.0914. The Hall–Kier alpha value is -3.04. The van der Waals surface area contributed by atoms with Crippen molar-refractivity contribution < 1.29 is 29.6 Å². The van der Waals surface area contributed by atoms with Gasteiger partial charge >= 0.3 is 0 Å². The molecule has 3 aromatic rings. The smallest absolute Gasteiger partial charge is 0.251 e. The zero-order valence-corrected chi connectivity index (χ0v) is 17.6. The number of carbonyl (C=O) groups is 2. The minimum absolute atomic E-state index is 0.132. The van der Waals surface area contributed by atoms with Crippen LogP contribution in [0.5, 0.6) is 5.75 Å². The summed E-state index contributed by atoms with van der Waals surface area (Å²) in [5, 5.41) is 31.6. The highest BCUT2D eigenvalue weighted by atomic mass is 32.1. The van der Waals surface area contributed by atoms with Crippen molar-refractivity contribution in [1.29, 1.82) is 0 Å². The number of aliphatic hydroxyl groups excluding tert-OH is 2. The number of hydrogen-bond acceptors (Lipinski definition) is 7. The lowest BCUT2D eigenvalue weighted by Gasteiger charge is -2.17. The Morgan fingerprint density at radius 1 is 1.06 bits per heavy atom. The van der Waals surface area contributed by atoms with Crippen LogP contribution in [0, 0.1) is 0 Å². The molecule has 1 heterocycles. The van der Waals surface area contributed by atoms with Gasteiger partial charge in [-0.3, -0.25) is 9.59 Å². The van der Waals surface area contributed by atoms with E-state index in [1.165, 1.54) is 24.3 Å². The summed E-state index contributed by atoms with van der Waals surface area (Å²) in [6.07, 6.45) is -1.74. The molecule has 1 unspecified atom stereocenters. The first-order chi connectivity index (χ1) is 14.9. The monoisotopic (exact) mass is 441 g/mol. The molecule has 0 aliphatic rings. The number of benzene rings is 2. The quantitative estimate of drug-likeness (QED) is 0.299. The largest absolute Gasteiger partial charge is 0.496 e. The molecule has 0 aliphatic heterocycles. The number of methoxy groups -OCH3 is 1. The molecule has 0 saturated carbocycles. The molecule has 0 spiro atoms. The van der Waals surface area contributed by atoms with E-state index in [1.807, 2.05) is 35.7 Å². The van der Waals surface area contributed by atoms with E-state index in [2.05, 4.69) is 5.32 Å². The van der Waals surface area contributed by atoms with Crippen LogP contribution in [0.2, 0.25) is 0 Å². The van der Waals surface area contributed by atoms with E-state index in [4.69, 9.17) is 20.1 Å². The molecule has 1 amide bonds. The molecule has 4 N–H and O–H groups in total. The minimum atomic E-state index is -1.88. The van der Waals surface area contributed by atoms with E-state index in [0.717, 1.165) is 16.0 Å². The van der Waals surface area contributed by atoms with Crippen molar-refractivity contribution in [3.63, 3.8) is 0 Å². The third-order valence-corrected chi connectivity index (χ3v) is 5.70. The molecular weight excluding hydrogens is 418 g/mol. The third kappa shape index (κ3) is 5.56. The first-order valence-electron chi connectivity index (χ1n) is 9.55. The van der Waals surface area contributed by atoms with Crippen LogP contribution in [-0.4, -0.2) is 53.1 Å². The number of nitrogens with one attached hydrogen (secondary N) is 1. The number of hydrogen-bond donors (Lipinski definition) is 4. The highest BCUT2D eigenvalue weighted by Crippen LogP contribution is 2.30. The fraction of sp³-hybridized carbons (Fsp3) is 0.217. The van der Waals surface area contributed by atoms with Gasteiger partial charge in [0.1, 0.15) is 11.8 Å². The van der Waals surface area contributed by atoms with Gasteiger partial charge in [-0.2, -0.15) is 0 Å². The number of carbonyl (C=O) groups excluding carboxylic acids is 2. The Balaban J connectivity index is 1.74. The number of Topliss-reactive ketones (excluding diaryl/α,β-unsaturated/α-hetero) is 1. The maximum Gasteiger partial charge on any atom is 0.251 e. The third-order valence-electron chi connectivity index (χ3n) is 4.78. The molecule has 0 radical (unpaired) electrons. The summed E-state index contributed by atoms with van der Waals surface area (Å²) in [6, 6.07) is 14.5. The molecule has 0 saturated heterocycles. The van der Waals surface area contributed by atoms with Crippen molar-refractivity contribution in [3.8, 4) is 16.2 Å². The maximum atomic E-state index is 12.8. The fourth-order valence-corrected chi connectivity index (χ4v) is 3.79. The normalized spacial score (nSPS) is 11.9. The van der Waals surface area contributed by atoms with Crippen LogP contribution in [0.25, 0.3) is 10.4 Å². The first kappa shape index (κ1) is 22.6. The second-order valence-electron chi connectivity index (χ2n) is 6.86. The van der Waals surface area contributed by atoms with Crippen LogP contribution in [0.3, 0.4) is 0 Å². The Morgan fingerprint density at radius 3 is 2.35 bits per heavy atom. The number of aliphatic hydroxyl groups is 3. The fourth-order valence-electron chi connectivity index (χ4n) is 3.06. The van der Waals surface area contributed by atoms with Gasteiger partial charge in [-0.15, -0.1) is 11.3 Å². The molecule has 0 bridgehead atoms. The summed E-state index contributed by atoms with van der Waals surface area (Å²) in [7, 11) is 1.56. The summed E-state index contributed by atoms with van der Waals surface area (Å²) < 4.78 is 5.41. The topological polar surface area (TPSA) is 116 Å². The number of amides is 1. The number of thiophene rings is 1. The van der Waals surface area contributed by atoms with Crippen LogP contribution in [0.15, 0.2) is 60.0 Å². The van der Waals surface area contributed by atoms with E-state index in [-0.39, 0.29) is 17.8 Å². The highest BCUT2D eigenvalue weighted by molar-refractivity contribution is 7.13. The lowest BCUT2D eigenvalue weighted by molar-refractivity contribution is -0.0755. The van der Waals surface area contributed by atoms with Gasteiger partial charge in [0.05, 0.1) is 13.7 Å². The van der Waals surface area contributed by atoms with E-state index in [0.29, 0.717) is 11.3 Å². The molecule has 1 atom stereocenters. The van der Waals surface area contributed by atoms with Gasteiger partial charge in [-0.05, 0) is 47.3 Å². The Labute approximate surface area is 183 Å². The van der Waals surface area contributed by atoms with E-state index >= 15 is 0 Å².